The zero-order chi connectivity index (χ0) is 17.5. The molecule has 0 radical (unpaired) electrons. The maximum absolute atomic E-state index is 12.2. The predicted octanol–water partition coefficient (Wildman–Crippen LogP) is 2.27. The molecule has 132 valence electrons. The SMILES string of the molecule is CCCOc1ccc(CN2CC[C@H](NC(=O)c3ccccn3)C2)cn1. The summed E-state index contributed by atoms with van der Waals surface area (Å²) in [5.41, 5.74) is 1.62. The number of hydrogen-bond acceptors (Lipinski definition) is 5. The lowest BCUT2D eigenvalue weighted by molar-refractivity contribution is 0.0932. The minimum absolute atomic E-state index is 0.105. The van der Waals surface area contributed by atoms with Gasteiger partial charge in [-0.3, -0.25) is 14.7 Å². The molecule has 1 amide bonds. The second kappa shape index (κ2) is 8.58. The summed E-state index contributed by atoms with van der Waals surface area (Å²) in [6.07, 6.45) is 5.42. The molecule has 2 aromatic heterocycles. The van der Waals surface area contributed by atoms with E-state index in [0.717, 1.165) is 38.0 Å². The zero-order valence-electron chi connectivity index (χ0n) is 14.5. The smallest absolute Gasteiger partial charge is 0.270 e. The minimum Gasteiger partial charge on any atom is -0.478 e. The molecule has 3 rings (SSSR count). The van der Waals surface area contributed by atoms with Crippen molar-refractivity contribution in [3.05, 3.63) is 54.0 Å². The number of hydrogen-bond donors (Lipinski definition) is 1. The molecule has 3 heterocycles. The van der Waals surface area contributed by atoms with Gasteiger partial charge in [-0.2, -0.15) is 0 Å². The number of rotatable bonds is 7. The van der Waals surface area contributed by atoms with E-state index >= 15 is 0 Å². The highest BCUT2D eigenvalue weighted by Gasteiger charge is 2.24. The van der Waals surface area contributed by atoms with E-state index in [0.29, 0.717) is 18.2 Å². The van der Waals surface area contributed by atoms with E-state index in [9.17, 15) is 4.79 Å². The van der Waals surface area contributed by atoms with Gasteiger partial charge in [-0.15, -0.1) is 0 Å². The van der Waals surface area contributed by atoms with Gasteiger partial charge < -0.3 is 10.1 Å². The Hall–Kier alpha value is -2.47. The number of nitrogens with zero attached hydrogens (tertiary/aromatic N) is 3. The summed E-state index contributed by atoms with van der Waals surface area (Å²) >= 11 is 0. The Balaban J connectivity index is 1.47. The van der Waals surface area contributed by atoms with Crippen LogP contribution in [0.1, 0.15) is 35.8 Å². The van der Waals surface area contributed by atoms with Gasteiger partial charge in [0.25, 0.3) is 5.91 Å². The average molecular weight is 340 g/mol. The number of nitrogens with one attached hydrogen (secondary N) is 1. The quantitative estimate of drug-likeness (QED) is 0.837. The second-order valence-electron chi connectivity index (χ2n) is 6.26. The first kappa shape index (κ1) is 17.4. The highest BCUT2D eigenvalue weighted by atomic mass is 16.5. The van der Waals surface area contributed by atoms with Crippen LogP contribution in [0.4, 0.5) is 0 Å². The molecule has 0 unspecified atom stereocenters. The molecule has 1 saturated heterocycles. The van der Waals surface area contributed by atoms with Crippen LogP contribution in [0, 0.1) is 0 Å². The van der Waals surface area contributed by atoms with Crippen molar-refractivity contribution in [2.75, 3.05) is 19.7 Å². The van der Waals surface area contributed by atoms with Gasteiger partial charge in [-0.25, -0.2) is 4.98 Å². The van der Waals surface area contributed by atoms with Crippen molar-refractivity contribution in [3.8, 4) is 5.88 Å². The topological polar surface area (TPSA) is 67.3 Å². The molecule has 0 aromatic carbocycles. The lowest BCUT2D eigenvalue weighted by Gasteiger charge is -2.16. The summed E-state index contributed by atoms with van der Waals surface area (Å²) in [6.45, 7) is 5.39. The number of amides is 1. The molecule has 6 nitrogen and oxygen atoms in total. The van der Waals surface area contributed by atoms with Gasteiger partial charge in [-0.1, -0.05) is 19.1 Å². The minimum atomic E-state index is -0.105. The van der Waals surface area contributed by atoms with Crippen LogP contribution in [-0.4, -0.2) is 46.5 Å². The molecule has 1 N–H and O–H groups in total. The number of carbonyl (C=O) groups excluding carboxylic acids is 1. The van der Waals surface area contributed by atoms with Crippen LogP contribution in [0.15, 0.2) is 42.7 Å². The number of ether oxygens (including phenoxy) is 1. The zero-order valence-corrected chi connectivity index (χ0v) is 14.5. The van der Waals surface area contributed by atoms with Gasteiger partial charge >= 0.3 is 0 Å². The Bertz CT molecular complexity index is 676. The molecule has 2 aromatic rings. The maximum Gasteiger partial charge on any atom is 0.270 e. The van der Waals surface area contributed by atoms with Crippen LogP contribution < -0.4 is 10.1 Å². The highest BCUT2D eigenvalue weighted by Crippen LogP contribution is 2.15. The van der Waals surface area contributed by atoms with Crippen LogP contribution in [0.3, 0.4) is 0 Å². The molecule has 1 aliphatic rings. The van der Waals surface area contributed by atoms with Gasteiger partial charge in [-0.05, 0) is 30.5 Å². The van der Waals surface area contributed by atoms with Gasteiger partial charge in [0.2, 0.25) is 5.88 Å². The van der Waals surface area contributed by atoms with Gasteiger partial charge in [0.1, 0.15) is 5.69 Å². The van der Waals surface area contributed by atoms with Crippen LogP contribution in [0.25, 0.3) is 0 Å². The Morgan fingerprint density at radius 2 is 2.24 bits per heavy atom. The average Bonchev–Trinajstić information content (AvgIpc) is 3.08. The normalized spacial score (nSPS) is 17.4. The van der Waals surface area contributed by atoms with Crippen molar-refractivity contribution in [2.24, 2.45) is 0 Å². The Morgan fingerprint density at radius 3 is 2.96 bits per heavy atom. The fourth-order valence-corrected chi connectivity index (χ4v) is 2.91. The fourth-order valence-electron chi connectivity index (χ4n) is 2.91. The summed E-state index contributed by atoms with van der Waals surface area (Å²) in [5.74, 6) is 0.569. The summed E-state index contributed by atoms with van der Waals surface area (Å²) in [4.78, 5) is 22.9. The largest absolute Gasteiger partial charge is 0.478 e. The van der Waals surface area contributed by atoms with Gasteiger partial charge in [0, 0.05) is 44.1 Å². The molecule has 6 heteroatoms. The Morgan fingerprint density at radius 1 is 1.32 bits per heavy atom. The van der Waals surface area contributed by atoms with E-state index in [4.69, 9.17) is 4.74 Å². The van der Waals surface area contributed by atoms with E-state index < -0.39 is 0 Å². The molecule has 25 heavy (non-hydrogen) atoms. The summed E-state index contributed by atoms with van der Waals surface area (Å²) < 4.78 is 5.50. The van der Waals surface area contributed by atoms with Crippen molar-refractivity contribution < 1.29 is 9.53 Å². The molecule has 1 fully saturated rings. The lowest BCUT2D eigenvalue weighted by atomic mass is 10.2. The number of aromatic nitrogens is 2. The van der Waals surface area contributed by atoms with Crippen molar-refractivity contribution in [1.82, 2.24) is 20.2 Å². The molecule has 0 spiro atoms. The van der Waals surface area contributed by atoms with Gasteiger partial charge in [0.15, 0.2) is 0 Å². The molecule has 1 atom stereocenters. The Labute approximate surface area is 148 Å². The lowest BCUT2D eigenvalue weighted by Crippen LogP contribution is -2.37. The molecule has 0 bridgehead atoms. The molecule has 0 aliphatic carbocycles. The number of carbonyl (C=O) groups is 1. The van der Waals surface area contributed by atoms with Crippen molar-refractivity contribution in [2.45, 2.75) is 32.4 Å². The van der Waals surface area contributed by atoms with E-state index in [1.165, 1.54) is 0 Å². The van der Waals surface area contributed by atoms with Crippen LogP contribution in [-0.2, 0) is 6.54 Å². The van der Waals surface area contributed by atoms with E-state index in [1.807, 2.05) is 18.3 Å². The van der Waals surface area contributed by atoms with Crippen molar-refractivity contribution in [3.63, 3.8) is 0 Å². The third kappa shape index (κ3) is 5.00. The van der Waals surface area contributed by atoms with Crippen LogP contribution in [0.5, 0.6) is 5.88 Å². The van der Waals surface area contributed by atoms with Crippen molar-refractivity contribution >= 4 is 5.91 Å². The fraction of sp³-hybridized carbons (Fsp3) is 0.421. The van der Waals surface area contributed by atoms with E-state index in [-0.39, 0.29) is 11.9 Å². The third-order valence-electron chi connectivity index (χ3n) is 4.16. The number of likely N-dealkylation sites (tertiary alicyclic amines) is 1. The third-order valence-corrected chi connectivity index (χ3v) is 4.16. The number of pyridine rings is 2. The maximum atomic E-state index is 12.2. The first-order chi connectivity index (χ1) is 12.2. The van der Waals surface area contributed by atoms with Gasteiger partial charge in [0.05, 0.1) is 6.61 Å². The van der Waals surface area contributed by atoms with E-state index in [2.05, 4.69) is 33.2 Å². The standard InChI is InChI=1S/C19H24N4O2/c1-2-11-25-18-7-6-15(12-21-18)13-23-10-8-16(14-23)22-19(24)17-5-3-4-9-20-17/h3-7,9,12,16H,2,8,10-11,13-14H2,1H3,(H,22,24)/t16-/m0/s1. The summed E-state index contributed by atoms with van der Waals surface area (Å²) in [5, 5.41) is 3.06. The molecule has 1 aliphatic heterocycles. The monoisotopic (exact) mass is 340 g/mol. The van der Waals surface area contributed by atoms with Crippen molar-refractivity contribution in [1.29, 1.82) is 0 Å². The summed E-state index contributed by atoms with van der Waals surface area (Å²) in [7, 11) is 0. The molecule has 0 saturated carbocycles. The highest BCUT2D eigenvalue weighted by molar-refractivity contribution is 5.92. The second-order valence-corrected chi connectivity index (χ2v) is 6.26. The molecular formula is C19H24N4O2. The predicted molar refractivity (Wildman–Crippen MR) is 95.4 cm³/mol. The first-order valence-corrected chi connectivity index (χ1v) is 8.76. The first-order valence-electron chi connectivity index (χ1n) is 8.76. The van der Waals surface area contributed by atoms with Crippen LogP contribution >= 0.6 is 0 Å². The molecular weight excluding hydrogens is 316 g/mol. The summed E-state index contributed by atoms with van der Waals surface area (Å²) in [6, 6.07) is 9.49. The van der Waals surface area contributed by atoms with E-state index in [1.54, 1.807) is 18.3 Å². The Kier molecular flexibility index (Phi) is 5.95. The van der Waals surface area contributed by atoms with Crippen LogP contribution in [0.2, 0.25) is 0 Å².